The lowest BCUT2D eigenvalue weighted by molar-refractivity contribution is 0.0507. The molecule has 0 aliphatic carbocycles. The summed E-state index contributed by atoms with van der Waals surface area (Å²) in [6.45, 7) is 0.0256. The normalized spacial score (nSPS) is 11.0. The monoisotopic (exact) mass is 445 g/mol. The summed E-state index contributed by atoms with van der Waals surface area (Å²) in [6, 6.07) is 6.59. The molecule has 2 rings (SSSR count). The van der Waals surface area contributed by atoms with Crippen molar-refractivity contribution in [1.29, 1.82) is 0 Å². The molecule has 1 heterocycles. The Balaban J connectivity index is 2.38. The van der Waals surface area contributed by atoms with E-state index in [-0.39, 0.29) is 6.79 Å². The van der Waals surface area contributed by atoms with Crippen LogP contribution in [0.5, 0.6) is 11.6 Å². The van der Waals surface area contributed by atoms with Crippen LogP contribution in [-0.2, 0) is 4.74 Å². The van der Waals surface area contributed by atoms with E-state index in [9.17, 15) is 4.39 Å². The van der Waals surface area contributed by atoms with Crippen LogP contribution in [0.25, 0.3) is 12.2 Å². The summed E-state index contributed by atoms with van der Waals surface area (Å²) in [5.41, 5.74) is 0.922. The highest BCUT2D eigenvalue weighted by Gasteiger charge is 2.10. The molecule has 1 aromatic heterocycles. The van der Waals surface area contributed by atoms with Crippen LogP contribution in [0.1, 0.15) is 11.3 Å². The van der Waals surface area contributed by atoms with Crippen molar-refractivity contribution in [1.82, 2.24) is 4.98 Å². The van der Waals surface area contributed by atoms with E-state index < -0.39 is 5.82 Å². The van der Waals surface area contributed by atoms with Crippen LogP contribution in [0.2, 0.25) is 0 Å². The Morgan fingerprint density at radius 2 is 1.96 bits per heavy atom. The van der Waals surface area contributed by atoms with E-state index in [1.807, 2.05) is 6.07 Å². The Kier molecular flexibility index (Phi) is 6.56. The van der Waals surface area contributed by atoms with Gasteiger partial charge in [0.2, 0.25) is 5.88 Å². The summed E-state index contributed by atoms with van der Waals surface area (Å²) in [6.07, 6.45) is 3.28. The van der Waals surface area contributed by atoms with E-state index >= 15 is 0 Å². The van der Waals surface area contributed by atoms with Gasteiger partial charge in [0.15, 0.2) is 6.79 Å². The molecule has 0 fully saturated rings. The van der Waals surface area contributed by atoms with E-state index in [4.69, 9.17) is 14.2 Å². The highest BCUT2D eigenvalue weighted by molar-refractivity contribution is 9.10. The van der Waals surface area contributed by atoms with Crippen LogP contribution in [0, 0.1) is 5.82 Å². The Bertz CT molecular complexity index is 723. The number of pyridine rings is 1. The minimum absolute atomic E-state index is 0.0256. The number of halogens is 3. The minimum atomic E-state index is -0.416. The average Bonchev–Trinajstić information content (AvgIpc) is 2.53. The first-order valence-electron chi connectivity index (χ1n) is 6.54. The molecule has 0 unspecified atom stereocenters. The van der Waals surface area contributed by atoms with Crippen molar-refractivity contribution in [2.24, 2.45) is 0 Å². The van der Waals surface area contributed by atoms with Crippen molar-refractivity contribution in [2.75, 3.05) is 21.0 Å². The molecule has 0 aliphatic rings. The van der Waals surface area contributed by atoms with E-state index in [2.05, 4.69) is 36.8 Å². The standard InChI is InChI=1S/C16H14Br2FNO3/c1-21-9-23-15-8-10(17)7-13(19)11(15)3-5-14-12(18)4-6-16(20-14)22-2/h3-8H,9H2,1-2H3. The lowest BCUT2D eigenvalue weighted by atomic mass is 10.1. The van der Waals surface area contributed by atoms with Gasteiger partial charge < -0.3 is 14.2 Å². The topological polar surface area (TPSA) is 40.6 Å². The minimum Gasteiger partial charge on any atom is -0.481 e. The van der Waals surface area contributed by atoms with Gasteiger partial charge in [0.05, 0.1) is 18.4 Å². The summed E-state index contributed by atoms with van der Waals surface area (Å²) in [5.74, 6) is 0.426. The quantitative estimate of drug-likeness (QED) is 0.591. The lowest BCUT2D eigenvalue weighted by Crippen LogP contribution is -2.01. The van der Waals surface area contributed by atoms with Gasteiger partial charge in [0.1, 0.15) is 11.6 Å². The van der Waals surface area contributed by atoms with Crippen molar-refractivity contribution in [3.05, 3.63) is 50.3 Å². The Labute approximate surface area is 150 Å². The summed E-state index contributed by atoms with van der Waals surface area (Å²) in [7, 11) is 3.04. The molecule has 0 saturated heterocycles. The number of ether oxygens (including phenoxy) is 3. The number of hydrogen-bond acceptors (Lipinski definition) is 4. The van der Waals surface area contributed by atoms with Crippen LogP contribution < -0.4 is 9.47 Å². The molecule has 0 bridgehead atoms. The zero-order valence-electron chi connectivity index (χ0n) is 12.5. The molecular weight excluding hydrogens is 433 g/mol. The molecule has 0 saturated carbocycles. The van der Waals surface area contributed by atoms with Gasteiger partial charge in [-0.3, -0.25) is 0 Å². The maximum absolute atomic E-state index is 14.2. The summed E-state index contributed by atoms with van der Waals surface area (Å²) in [5, 5.41) is 0. The molecule has 1 aromatic carbocycles. The van der Waals surface area contributed by atoms with E-state index in [1.54, 1.807) is 24.3 Å². The van der Waals surface area contributed by atoms with Gasteiger partial charge in [-0.25, -0.2) is 9.37 Å². The van der Waals surface area contributed by atoms with Crippen LogP contribution >= 0.6 is 31.9 Å². The van der Waals surface area contributed by atoms with Crippen LogP contribution in [-0.4, -0.2) is 26.0 Å². The van der Waals surface area contributed by atoms with Gasteiger partial charge in [-0.2, -0.15) is 0 Å². The lowest BCUT2D eigenvalue weighted by Gasteiger charge is -2.10. The molecule has 23 heavy (non-hydrogen) atoms. The second-order valence-corrected chi connectivity index (χ2v) is 6.17. The van der Waals surface area contributed by atoms with E-state index in [0.29, 0.717) is 27.4 Å². The van der Waals surface area contributed by atoms with Crippen molar-refractivity contribution >= 4 is 44.0 Å². The number of benzene rings is 1. The molecule has 0 atom stereocenters. The molecule has 0 radical (unpaired) electrons. The molecule has 0 amide bonds. The molecule has 0 N–H and O–H groups in total. The third kappa shape index (κ3) is 4.76. The predicted octanol–water partition coefficient (Wildman–Crippen LogP) is 4.91. The maximum Gasteiger partial charge on any atom is 0.213 e. The first-order valence-corrected chi connectivity index (χ1v) is 8.13. The molecule has 122 valence electrons. The number of aromatic nitrogens is 1. The number of rotatable bonds is 6. The molecular formula is C16H14Br2FNO3. The number of methoxy groups -OCH3 is 2. The van der Waals surface area contributed by atoms with Crippen LogP contribution in [0.4, 0.5) is 4.39 Å². The summed E-state index contributed by atoms with van der Waals surface area (Å²) in [4.78, 5) is 4.29. The van der Waals surface area contributed by atoms with E-state index in [0.717, 1.165) is 4.47 Å². The second kappa shape index (κ2) is 8.42. The first kappa shape index (κ1) is 17.9. The molecule has 2 aromatic rings. The highest BCUT2D eigenvalue weighted by atomic mass is 79.9. The van der Waals surface area contributed by atoms with Crippen LogP contribution in [0.15, 0.2) is 33.2 Å². The zero-order chi connectivity index (χ0) is 16.8. The third-order valence-corrected chi connectivity index (χ3v) is 3.98. The first-order chi connectivity index (χ1) is 11.0. The molecule has 7 heteroatoms. The molecule has 0 aliphatic heterocycles. The Morgan fingerprint density at radius 1 is 1.17 bits per heavy atom. The second-order valence-electron chi connectivity index (χ2n) is 4.40. The molecule has 0 spiro atoms. The van der Waals surface area contributed by atoms with Gasteiger partial charge >= 0.3 is 0 Å². The predicted molar refractivity (Wildman–Crippen MR) is 94.0 cm³/mol. The smallest absolute Gasteiger partial charge is 0.213 e. The van der Waals surface area contributed by atoms with Crippen molar-refractivity contribution in [3.8, 4) is 11.6 Å². The van der Waals surface area contributed by atoms with E-state index in [1.165, 1.54) is 20.3 Å². The van der Waals surface area contributed by atoms with Gasteiger partial charge in [0, 0.05) is 22.1 Å². The fourth-order valence-corrected chi connectivity index (χ4v) is 2.56. The summed E-state index contributed by atoms with van der Waals surface area (Å²) >= 11 is 6.65. The largest absolute Gasteiger partial charge is 0.481 e. The molecule has 4 nitrogen and oxygen atoms in total. The number of hydrogen-bond donors (Lipinski definition) is 0. The SMILES string of the molecule is COCOc1cc(Br)cc(F)c1C=Cc1nc(OC)ccc1Br. The van der Waals surface area contributed by atoms with Gasteiger partial charge in [-0.1, -0.05) is 15.9 Å². The van der Waals surface area contributed by atoms with Gasteiger partial charge in [-0.15, -0.1) is 0 Å². The third-order valence-electron chi connectivity index (χ3n) is 2.85. The van der Waals surface area contributed by atoms with Crippen molar-refractivity contribution in [2.45, 2.75) is 0 Å². The van der Waals surface area contributed by atoms with Gasteiger partial charge in [0.25, 0.3) is 0 Å². The average molecular weight is 447 g/mol. The van der Waals surface area contributed by atoms with Crippen molar-refractivity contribution < 1.29 is 18.6 Å². The summed E-state index contributed by atoms with van der Waals surface area (Å²) < 4.78 is 31.0. The maximum atomic E-state index is 14.2. The van der Waals surface area contributed by atoms with Crippen molar-refractivity contribution in [3.63, 3.8) is 0 Å². The Morgan fingerprint density at radius 3 is 2.65 bits per heavy atom. The zero-order valence-corrected chi connectivity index (χ0v) is 15.6. The van der Waals surface area contributed by atoms with Crippen LogP contribution in [0.3, 0.4) is 0 Å². The fourth-order valence-electron chi connectivity index (χ4n) is 1.80. The number of nitrogens with zero attached hydrogens (tertiary/aromatic N) is 1. The van der Waals surface area contributed by atoms with Gasteiger partial charge in [-0.05, 0) is 46.3 Å². The Hall–Kier alpha value is -1.44. The fraction of sp³-hybridized carbons (Fsp3) is 0.188. The highest BCUT2D eigenvalue weighted by Crippen LogP contribution is 2.29.